The molecule has 2 aromatic carbocycles. The minimum absolute atomic E-state index is 0.0814. The van der Waals surface area contributed by atoms with Gasteiger partial charge in [0, 0.05) is 23.9 Å². The normalized spacial score (nSPS) is 10.8. The van der Waals surface area contributed by atoms with Crippen LogP contribution in [0.15, 0.2) is 53.7 Å². The fourth-order valence-corrected chi connectivity index (χ4v) is 3.38. The van der Waals surface area contributed by atoms with E-state index in [0.29, 0.717) is 5.16 Å². The van der Waals surface area contributed by atoms with Crippen LogP contribution < -0.4 is 5.32 Å². The third-order valence-electron chi connectivity index (χ3n) is 4.02. The molecule has 1 N–H and O–H groups in total. The molecule has 1 aromatic heterocycles. The number of nitrogens with zero attached hydrogens (tertiary/aromatic N) is 3. The van der Waals surface area contributed by atoms with Crippen molar-refractivity contribution in [2.24, 2.45) is 0 Å². The summed E-state index contributed by atoms with van der Waals surface area (Å²) < 4.78 is 28.3. The van der Waals surface area contributed by atoms with Gasteiger partial charge in [-0.05, 0) is 18.6 Å². The number of anilines is 1. The summed E-state index contributed by atoms with van der Waals surface area (Å²) in [5.74, 6) is -1.44. The molecule has 0 saturated carbocycles. The van der Waals surface area contributed by atoms with E-state index in [1.54, 1.807) is 0 Å². The highest BCUT2D eigenvalue weighted by molar-refractivity contribution is 7.99. The fourth-order valence-electron chi connectivity index (χ4n) is 2.62. The van der Waals surface area contributed by atoms with E-state index in [1.807, 2.05) is 34.9 Å². The van der Waals surface area contributed by atoms with Crippen LogP contribution in [-0.4, -0.2) is 26.4 Å². The van der Waals surface area contributed by atoms with Crippen LogP contribution in [0.25, 0.3) is 11.4 Å². The van der Waals surface area contributed by atoms with Gasteiger partial charge in [0.15, 0.2) is 22.6 Å². The third kappa shape index (κ3) is 4.95. The molecule has 3 rings (SSSR count). The predicted octanol–water partition coefficient (Wildman–Crippen LogP) is 4.75. The molecular weight excluding hydrogens is 382 g/mol. The smallest absolute Gasteiger partial charge is 0.234 e. The molecule has 0 aliphatic rings. The summed E-state index contributed by atoms with van der Waals surface area (Å²) in [6.07, 6.45) is 1.99. The standard InChI is InChI=1S/C20H20F2N4OS/c1-2-3-11-26-19(14-7-5-4-6-8-14)24-25-20(26)28-13-18(27)23-15-9-10-16(21)17(22)12-15/h4-10,12H,2-3,11,13H2,1H3,(H,23,27). The molecule has 0 fully saturated rings. The molecule has 0 unspecified atom stereocenters. The molecule has 0 spiro atoms. The van der Waals surface area contributed by atoms with Gasteiger partial charge in [0.25, 0.3) is 0 Å². The second kappa shape index (κ2) is 9.45. The summed E-state index contributed by atoms with van der Waals surface area (Å²) in [6, 6.07) is 13.0. The van der Waals surface area contributed by atoms with Crippen LogP contribution in [-0.2, 0) is 11.3 Å². The molecule has 0 bridgehead atoms. The van der Waals surface area contributed by atoms with Crippen molar-refractivity contribution in [3.63, 3.8) is 0 Å². The highest BCUT2D eigenvalue weighted by Gasteiger charge is 2.15. The first kappa shape index (κ1) is 20.0. The lowest BCUT2D eigenvalue weighted by atomic mass is 10.2. The number of nitrogens with one attached hydrogen (secondary N) is 1. The number of rotatable bonds is 8. The Balaban J connectivity index is 1.70. The summed E-state index contributed by atoms with van der Waals surface area (Å²) in [6.45, 7) is 2.86. The first-order valence-corrected chi connectivity index (χ1v) is 9.93. The van der Waals surface area contributed by atoms with E-state index < -0.39 is 11.6 Å². The maximum atomic E-state index is 13.3. The maximum Gasteiger partial charge on any atom is 0.234 e. The van der Waals surface area contributed by atoms with Crippen LogP contribution in [0.3, 0.4) is 0 Å². The van der Waals surface area contributed by atoms with E-state index in [2.05, 4.69) is 22.4 Å². The summed E-state index contributed by atoms with van der Waals surface area (Å²) >= 11 is 1.26. The van der Waals surface area contributed by atoms with Crippen molar-refractivity contribution in [1.82, 2.24) is 14.8 Å². The van der Waals surface area contributed by atoms with Gasteiger partial charge in [0.2, 0.25) is 5.91 Å². The Morgan fingerprint density at radius 1 is 1.11 bits per heavy atom. The fraction of sp³-hybridized carbons (Fsp3) is 0.250. The number of hydrogen-bond donors (Lipinski definition) is 1. The largest absolute Gasteiger partial charge is 0.325 e. The lowest BCUT2D eigenvalue weighted by molar-refractivity contribution is -0.113. The lowest BCUT2D eigenvalue weighted by Gasteiger charge is -2.10. The molecule has 0 aliphatic heterocycles. The molecule has 8 heteroatoms. The van der Waals surface area contributed by atoms with Crippen molar-refractivity contribution >= 4 is 23.4 Å². The number of carbonyl (C=O) groups is 1. The van der Waals surface area contributed by atoms with E-state index >= 15 is 0 Å². The third-order valence-corrected chi connectivity index (χ3v) is 4.99. The summed E-state index contributed by atoms with van der Waals surface area (Å²) in [4.78, 5) is 12.2. The molecule has 3 aromatic rings. The van der Waals surface area contributed by atoms with Gasteiger partial charge >= 0.3 is 0 Å². The molecular formula is C20H20F2N4OS. The number of unbranched alkanes of at least 4 members (excludes halogenated alkanes) is 1. The zero-order valence-corrected chi connectivity index (χ0v) is 16.2. The van der Waals surface area contributed by atoms with Gasteiger partial charge in [-0.1, -0.05) is 55.4 Å². The van der Waals surface area contributed by atoms with Crippen LogP contribution in [0.5, 0.6) is 0 Å². The highest BCUT2D eigenvalue weighted by Crippen LogP contribution is 2.25. The molecule has 28 heavy (non-hydrogen) atoms. The van der Waals surface area contributed by atoms with Crippen molar-refractivity contribution in [2.45, 2.75) is 31.5 Å². The molecule has 5 nitrogen and oxygen atoms in total. The monoisotopic (exact) mass is 402 g/mol. The maximum absolute atomic E-state index is 13.3. The molecule has 1 heterocycles. The van der Waals surface area contributed by atoms with E-state index in [4.69, 9.17) is 0 Å². The van der Waals surface area contributed by atoms with Crippen molar-refractivity contribution in [3.8, 4) is 11.4 Å². The molecule has 1 amide bonds. The average Bonchev–Trinajstić information content (AvgIpc) is 3.11. The van der Waals surface area contributed by atoms with Gasteiger partial charge in [0.05, 0.1) is 5.75 Å². The van der Waals surface area contributed by atoms with Crippen molar-refractivity contribution in [1.29, 1.82) is 0 Å². The van der Waals surface area contributed by atoms with Crippen molar-refractivity contribution < 1.29 is 13.6 Å². The number of thioether (sulfide) groups is 1. The van der Waals surface area contributed by atoms with E-state index in [9.17, 15) is 13.6 Å². The Bertz CT molecular complexity index is 947. The predicted molar refractivity (Wildman–Crippen MR) is 106 cm³/mol. The zero-order chi connectivity index (χ0) is 19.9. The molecule has 146 valence electrons. The van der Waals surface area contributed by atoms with E-state index in [-0.39, 0.29) is 17.3 Å². The van der Waals surface area contributed by atoms with Crippen molar-refractivity contribution in [2.75, 3.05) is 11.1 Å². The highest BCUT2D eigenvalue weighted by atomic mass is 32.2. The quantitative estimate of drug-likeness (QED) is 0.552. The number of carbonyl (C=O) groups excluding carboxylic acids is 1. The lowest BCUT2D eigenvalue weighted by Crippen LogP contribution is -2.15. The molecule has 0 aliphatic carbocycles. The van der Waals surface area contributed by atoms with E-state index in [1.165, 1.54) is 17.8 Å². The topological polar surface area (TPSA) is 59.8 Å². The second-order valence-corrected chi connectivity index (χ2v) is 7.09. The summed E-state index contributed by atoms with van der Waals surface area (Å²) in [5.41, 5.74) is 1.17. The zero-order valence-electron chi connectivity index (χ0n) is 15.4. The van der Waals surface area contributed by atoms with Crippen molar-refractivity contribution in [3.05, 3.63) is 60.2 Å². The number of halogens is 2. The Kier molecular flexibility index (Phi) is 6.76. The number of aromatic nitrogens is 3. The minimum atomic E-state index is -1.00. The van der Waals surface area contributed by atoms with Gasteiger partial charge in [-0.3, -0.25) is 4.79 Å². The first-order valence-electron chi connectivity index (χ1n) is 8.94. The van der Waals surface area contributed by atoms with Gasteiger partial charge in [0.1, 0.15) is 0 Å². The minimum Gasteiger partial charge on any atom is -0.325 e. The van der Waals surface area contributed by atoms with Gasteiger partial charge in [-0.25, -0.2) is 8.78 Å². The number of amides is 1. The first-order chi connectivity index (χ1) is 13.6. The second-order valence-electron chi connectivity index (χ2n) is 6.14. The molecule has 0 atom stereocenters. The van der Waals surface area contributed by atoms with Gasteiger partial charge < -0.3 is 9.88 Å². The average molecular weight is 402 g/mol. The van der Waals surface area contributed by atoms with Crippen LogP contribution in [0, 0.1) is 11.6 Å². The molecule has 0 radical (unpaired) electrons. The van der Waals surface area contributed by atoms with Gasteiger partial charge in [-0.2, -0.15) is 0 Å². The Morgan fingerprint density at radius 3 is 2.61 bits per heavy atom. The van der Waals surface area contributed by atoms with Gasteiger partial charge in [-0.15, -0.1) is 10.2 Å². The Morgan fingerprint density at radius 2 is 1.89 bits per heavy atom. The Labute approximate surface area is 166 Å². The summed E-state index contributed by atoms with van der Waals surface area (Å²) in [5, 5.41) is 11.7. The van der Waals surface area contributed by atoms with Crippen LogP contribution in [0.2, 0.25) is 0 Å². The molecule has 0 saturated heterocycles. The van der Waals surface area contributed by atoms with E-state index in [0.717, 1.165) is 42.9 Å². The van der Waals surface area contributed by atoms with Crippen LogP contribution >= 0.6 is 11.8 Å². The number of benzene rings is 2. The number of hydrogen-bond acceptors (Lipinski definition) is 4. The SMILES string of the molecule is CCCCn1c(SCC(=O)Nc2ccc(F)c(F)c2)nnc1-c1ccccc1. The van der Waals surface area contributed by atoms with Crippen LogP contribution in [0.4, 0.5) is 14.5 Å². The summed E-state index contributed by atoms with van der Waals surface area (Å²) in [7, 11) is 0. The Hall–Kier alpha value is -2.74. The van der Waals surface area contributed by atoms with Crippen LogP contribution in [0.1, 0.15) is 19.8 Å².